The van der Waals surface area contributed by atoms with Crippen LogP contribution in [-0.4, -0.2) is 17.0 Å². The number of aromatic nitrogens is 1. The van der Waals surface area contributed by atoms with Gasteiger partial charge in [0.1, 0.15) is 0 Å². The van der Waals surface area contributed by atoms with E-state index in [4.69, 9.17) is 0 Å². The van der Waals surface area contributed by atoms with E-state index in [2.05, 4.69) is 16.7 Å². The number of hydrogen-bond donors (Lipinski definition) is 0. The molecule has 1 heterocycles. The molecule has 1 aromatic heterocycles. The van der Waals surface area contributed by atoms with Crippen LogP contribution in [0.5, 0.6) is 0 Å². The average molecular weight is 281 g/mol. The van der Waals surface area contributed by atoms with Crippen molar-refractivity contribution in [3.63, 3.8) is 0 Å². The first kappa shape index (κ1) is 12.6. The Hall–Kier alpha value is -2.16. The molecule has 1 aliphatic rings. The van der Waals surface area contributed by atoms with Crippen molar-refractivity contribution in [1.82, 2.24) is 4.57 Å². The maximum atomic E-state index is 12.6. The number of rotatable bonds is 3. The van der Waals surface area contributed by atoms with Gasteiger partial charge in [-0.25, -0.2) is 0 Å². The number of carbonyl (C=O) groups is 1. The number of alkyl halides is 1. The molecule has 0 saturated heterocycles. The number of benzene rings is 2. The van der Waals surface area contributed by atoms with Gasteiger partial charge in [0.25, 0.3) is 0 Å². The predicted molar refractivity (Wildman–Crippen MR) is 82.7 cm³/mol. The van der Waals surface area contributed by atoms with E-state index in [1.165, 1.54) is 16.3 Å². The molecule has 2 aromatic carbocycles. The van der Waals surface area contributed by atoms with Gasteiger partial charge >= 0.3 is 0 Å². The molecule has 0 N–H and O–H groups in total. The highest BCUT2D eigenvalue weighted by Crippen LogP contribution is 2.37. The average Bonchev–Trinajstić information content (AvgIpc) is 3.04. The van der Waals surface area contributed by atoms with Crippen molar-refractivity contribution in [3.8, 4) is 0 Å². The van der Waals surface area contributed by atoms with Crippen molar-refractivity contribution >= 4 is 27.6 Å². The van der Waals surface area contributed by atoms with Crippen molar-refractivity contribution < 1.29 is 9.18 Å². The Morgan fingerprint density at radius 3 is 2.76 bits per heavy atom. The highest BCUT2D eigenvalue weighted by atomic mass is 19.1. The summed E-state index contributed by atoms with van der Waals surface area (Å²) < 4.78 is 14.8. The van der Waals surface area contributed by atoms with Gasteiger partial charge in [-0.3, -0.25) is 9.18 Å². The first-order valence-electron chi connectivity index (χ1n) is 7.43. The Kier molecular flexibility index (Phi) is 2.81. The summed E-state index contributed by atoms with van der Waals surface area (Å²) in [5, 5.41) is 2.37. The summed E-state index contributed by atoms with van der Waals surface area (Å²) in [5.41, 5.74) is 4.30. The van der Waals surface area contributed by atoms with Crippen molar-refractivity contribution in [2.45, 2.75) is 25.8 Å². The normalized spacial score (nSPS) is 14.2. The van der Waals surface area contributed by atoms with E-state index in [1.54, 1.807) is 0 Å². The van der Waals surface area contributed by atoms with Crippen LogP contribution in [-0.2, 0) is 13.0 Å². The predicted octanol–water partition coefficient (Wildman–Crippen LogP) is 4.28. The number of aryl methyl sites for hydroxylation is 2. The summed E-state index contributed by atoms with van der Waals surface area (Å²) in [4.78, 5) is 12.0. The van der Waals surface area contributed by atoms with Gasteiger partial charge in [-0.15, -0.1) is 0 Å². The van der Waals surface area contributed by atoms with Gasteiger partial charge in [-0.05, 0) is 36.6 Å². The molecular weight excluding hydrogens is 265 g/mol. The quantitative estimate of drug-likeness (QED) is 0.702. The van der Waals surface area contributed by atoms with Crippen molar-refractivity contribution in [2.75, 3.05) is 6.67 Å². The van der Waals surface area contributed by atoms with Gasteiger partial charge in [0.05, 0.1) is 6.67 Å². The molecule has 0 atom stereocenters. The summed E-state index contributed by atoms with van der Waals surface area (Å²) in [6.07, 6.45) is 1.95. The number of nitrogens with zero attached hydrogens (tertiary/aromatic N) is 1. The monoisotopic (exact) mass is 281 g/mol. The second kappa shape index (κ2) is 4.69. The van der Waals surface area contributed by atoms with Crippen LogP contribution >= 0.6 is 0 Å². The number of ketones is 1. The molecule has 0 saturated carbocycles. The van der Waals surface area contributed by atoms with Crippen LogP contribution in [0.4, 0.5) is 4.39 Å². The number of para-hydroxylation sites is 1. The highest BCUT2D eigenvalue weighted by molar-refractivity contribution is 6.15. The Morgan fingerprint density at radius 1 is 1.05 bits per heavy atom. The lowest BCUT2D eigenvalue weighted by atomic mass is 10.0. The molecule has 21 heavy (non-hydrogen) atoms. The fourth-order valence-corrected chi connectivity index (χ4v) is 3.56. The SMILES string of the molecule is O=C1CCc2c1ccc1c2c2ccccc2n1CCCF. The third kappa shape index (κ3) is 1.73. The van der Waals surface area contributed by atoms with Crippen LogP contribution in [0.2, 0.25) is 0 Å². The van der Waals surface area contributed by atoms with E-state index in [9.17, 15) is 9.18 Å². The minimum Gasteiger partial charge on any atom is -0.340 e. The second-order valence-electron chi connectivity index (χ2n) is 5.62. The summed E-state index contributed by atoms with van der Waals surface area (Å²) in [7, 11) is 0. The van der Waals surface area contributed by atoms with Gasteiger partial charge < -0.3 is 4.57 Å². The van der Waals surface area contributed by atoms with E-state index < -0.39 is 0 Å². The Bertz CT molecular complexity index is 862. The van der Waals surface area contributed by atoms with Crippen molar-refractivity contribution in [2.24, 2.45) is 0 Å². The van der Waals surface area contributed by atoms with E-state index >= 15 is 0 Å². The Balaban J connectivity index is 2.10. The van der Waals surface area contributed by atoms with Crippen LogP contribution in [0.3, 0.4) is 0 Å². The minimum atomic E-state index is -0.308. The van der Waals surface area contributed by atoms with Gasteiger partial charge in [0, 0.05) is 40.3 Å². The number of carbonyl (C=O) groups excluding carboxylic acids is 1. The fourth-order valence-electron chi connectivity index (χ4n) is 3.56. The van der Waals surface area contributed by atoms with Gasteiger partial charge in [0.15, 0.2) is 5.78 Å². The van der Waals surface area contributed by atoms with Crippen molar-refractivity contribution in [3.05, 3.63) is 47.5 Å². The van der Waals surface area contributed by atoms with Crippen LogP contribution in [0.1, 0.15) is 28.8 Å². The first-order valence-corrected chi connectivity index (χ1v) is 7.43. The number of Topliss-reactive ketones (excluding diaryl/α,β-unsaturated/α-hetero) is 1. The highest BCUT2D eigenvalue weighted by Gasteiger charge is 2.24. The molecule has 3 aromatic rings. The van der Waals surface area contributed by atoms with E-state index in [0.29, 0.717) is 19.4 Å². The summed E-state index contributed by atoms with van der Waals surface area (Å²) >= 11 is 0. The second-order valence-corrected chi connectivity index (χ2v) is 5.62. The molecule has 0 radical (unpaired) electrons. The Morgan fingerprint density at radius 2 is 1.90 bits per heavy atom. The molecule has 0 aliphatic heterocycles. The lowest BCUT2D eigenvalue weighted by Gasteiger charge is -2.06. The number of fused-ring (bicyclic) bond motifs is 5. The van der Waals surface area contributed by atoms with Crippen LogP contribution in [0.15, 0.2) is 36.4 Å². The van der Waals surface area contributed by atoms with Crippen LogP contribution in [0, 0.1) is 0 Å². The first-order chi connectivity index (χ1) is 10.3. The van der Waals surface area contributed by atoms with Gasteiger partial charge in [0.2, 0.25) is 0 Å². The fraction of sp³-hybridized carbons (Fsp3) is 0.278. The molecule has 4 rings (SSSR count). The van der Waals surface area contributed by atoms with Gasteiger partial charge in [-0.2, -0.15) is 0 Å². The third-order valence-electron chi connectivity index (χ3n) is 4.46. The molecule has 0 unspecified atom stereocenters. The maximum absolute atomic E-state index is 12.6. The lowest BCUT2D eigenvalue weighted by molar-refractivity contribution is 0.0994. The molecular formula is C18H16FNO. The van der Waals surface area contributed by atoms with E-state index in [0.717, 1.165) is 23.0 Å². The third-order valence-corrected chi connectivity index (χ3v) is 4.46. The molecule has 0 fully saturated rings. The zero-order valence-corrected chi connectivity index (χ0v) is 11.7. The Labute approximate surface area is 122 Å². The summed E-state index contributed by atoms with van der Waals surface area (Å²) in [6.45, 7) is 0.366. The molecule has 1 aliphatic carbocycles. The minimum absolute atomic E-state index is 0.243. The van der Waals surface area contributed by atoms with Gasteiger partial charge in [-0.1, -0.05) is 18.2 Å². The molecule has 0 amide bonds. The topological polar surface area (TPSA) is 22.0 Å². The number of halogens is 1. The van der Waals surface area contributed by atoms with E-state index in [1.807, 2.05) is 24.3 Å². The largest absolute Gasteiger partial charge is 0.340 e. The van der Waals surface area contributed by atoms with Crippen LogP contribution in [0.25, 0.3) is 21.8 Å². The molecule has 3 heteroatoms. The summed E-state index contributed by atoms with van der Waals surface area (Å²) in [6, 6.07) is 12.2. The zero-order chi connectivity index (χ0) is 14.4. The standard InChI is InChI=1S/C18H16FNO/c19-10-3-11-20-15-5-2-1-4-14(15)18-13-7-9-17(21)12(13)6-8-16(18)20/h1-2,4-6,8H,3,7,9-11H2. The summed E-state index contributed by atoms with van der Waals surface area (Å²) in [5.74, 6) is 0.243. The van der Waals surface area contributed by atoms with Crippen molar-refractivity contribution in [1.29, 1.82) is 0 Å². The molecule has 0 spiro atoms. The molecule has 2 nitrogen and oxygen atoms in total. The van der Waals surface area contributed by atoms with Crippen LogP contribution < -0.4 is 0 Å². The molecule has 0 bridgehead atoms. The maximum Gasteiger partial charge on any atom is 0.163 e. The van der Waals surface area contributed by atoms with E-state index in [-0.39, 0.29) is 12.5 Å². The molecule has 106 valence electrons. The number of hydrogen-bond acceptors (Lipinski definition) is 1. The zero-order valence-electron chi connectivity index (χ0n) is 11.7. The smallest absolute Gasteiger partial charge is 0.163 e. The lowest BCUT2D eigenvalue weighted by Crippen LogP contribution is -1.99.